The first-order valence-corrected chi connectivity index (χ1v) is 7.65. The minimum Gasteiger partial charge on any atom is -0.358 e. The van der Waals surface area contributed by atoms with Crippen LogP contribution in [0.3, 0.4) is 0 Å². The lowest BCUT2D eigenvalue weighted by Crippen LogP contribution is -2.30. The summed E-state index contributed by atoms with van der Waals surface area (Å²) >= 11 is 0. The van der Waals surface area contributed by atoms with Crippen molar-refractivity contribution in [2.24, 2.45) is 5.92 Å². The van der Waals surface area contributed by atoms with Crippen molar-refractivity contribution in [1.82, 2.24) is 5.32 Å². The largest absolute Gasteiger partial charge is 0.488 e. The van der Waals surface area contributed by atoms with Gasteiger partial charge < -0.3 is 9.50 Å². The molecule has 1 unspecified atom stereocenters. The van der Waals surface area contributed by atoms with Crippen molar-refractivity contribution in [3.05, 3.63) is 29.3 Å². The van der Waals surface area contributed by atoms with Gasteiger partial charge in [0.15, 0.2) is 0 Å². The molecule has 0 spiro atoms. The number of rotatable bonds is 4. The Bertz CT molecular complexity index is 627. The SMILES string of the molecule is CC(C)C(=O)NC1CCc2c(OS(=O)(=O)F)cccc21. The number of amides is 1. The highest BCUT2D eigenvalue weighted by Gasteiger charge is 2.28. The lowest BCUT2D eigenvalue weighted by molar-refractivity contribution is -0.124. The highest BCUT2D eigenvalue weighted by atomic mass is 32.3. The van der Waals surface area contributed by atoms with E-state index in [-0.39, 0.29) is 23.6 Å². The standard InChI is InChI=1S/C13H16FNO4S/c1-8(2)13(16)15-11-7-6-10-9(11)4-3-5-12(10)19-20(14,17)18/h3-5,8,11H,6-7H2,1-2H3,(H,15,16). The van der Waals surface area contributed by atoms with Crippen LogP contribution in [-0.4, -0.2) is 14.3 Å². The van der Waals surface area contributed by atoms with Crippen LogP contribution in [0.25, 0.3) is 0 Å². The molecule has 5 nitrogen and oxygen atoms in total. The number of halogens is 1. The third kappa shape index (κ3) is 3.27. The summed E-state index contributed by atoms with van der Waals surface area (Å²) in [5.41, 5.74) is 1.41. The summed E-state index contributed by atoms with van der Waals surface area (Å²) in [5.74, 6) is -0.219. The van der Waals surface area contributed by atoms with E-state index in [1.165, 1.54) is 6.07 Å². The molecule has 1 aromatic rings. The molecule has 0 aromatic heterocycles. The maximum atomic E-state index is 12.6. The molecule has 110 valence electrons. The minimum absolute atomic E-state index is 0.00806. The second-order valence-electron chi connectivity index (χ2n) is 5.05. The molecule has 0 radical (unpaired) electrons. The van der Waals surface area contributed by atoms with Gasteiger partial charge in [-0.3, -0.25) is 4.79 Å². The van der Waals surface area contributed by atoms with Crippen molar-refractivity contribution in [1.29, 1.82) is 0 Å². The zero-order valence-corrected chi connectivity index (χ0v) is 12.0. The predicted molar refractivity (Wildman–Crippen MR) is 71.1 cm³/mol. The number of fused-ring (bicyclic) bond motifs is 1. The van der Waals surface area contributed by atoms with Gasteiger partial charge in [-0.2, -0.15) is 8.42 Å². The number of hydrogen-bond acceptors (Lipinski definition) is 4. The fourth-order valence-electron chi connectivity index (χ4n) is 2.29. The van der Waals surface area contributed by atoms with Crippen molar-refractivity contribution in [3.63, 3.8) is 0 Å². The van der Waals surface area contributed by atoms with Crippen LogP contribution in [0.4, 0.5) is 3.89 Å². The molecule has 0 saturated carbocycles. The predicted octanol–water partition coefficient (Wildman–Crippen LogP) is 2.04. The molecule has 0 saturated heterocycles. The van der Waals surface area contributed by atoms with Crippen molar-refractivity contribution in [2.45, 2.75) is 32.7 Å². The van der Waals surface area contributed by atoms with Crippen LogP contribution in [-0.2, 0) is 21.7 Å². The van der Waals surface area contributed by atoms with Crippen LogP contribution < -0.4 is 9.50 Å². The first-order valence-electron chi connectivity index (χ1n) is 6.34. The van der Waals surface area contributed by atoms with Gasteiger partial charge in [0, 0.05) is 11.5 Å². The zero-order chi connectivity index (χ0) is 14.9. The Morgan fingerprint density at radius 3 is 2.75 bits per heavy atom. The summed E-state index contributed by atoms with van der Waals surface area (Å²) in [6.45, 7) is 3.58. The Morgan fingerprint density at radius 2 is 2.15 bits per heavy atom. The number of nitrogens with one attached hydrogen (secondary N) is 1. The smallest absolute Gasteiger partial charge is 0.358 e. The van der Waals surface area contributed by atoms with E-state index in [1.807, 2.05) is 0 Å². The maximum absolute atomic E-state index is 12.6. The van der Waals surface area contributed by atoms with Crippen molar-refractivity contribution in [3.8, 4) is 5.75 Å². The zero-order valence-electron chi connectivity index (χ0n) is 11.2. The Morgan fingerprint density at radius 1 is 1.45 bits per heavy atom. The van der Waals surface area contributed by atoms with E-state index >= 15 is 0 Å². The van der Waals surface area contributed by atoms with Crippen LogP contribution in [0.5, 0.6) is 5.75 Å². The second-order valence-corrected chi connectivity index (χ2v) is 6.01. The third-order valence-electron chi connectivity index (χ3n) is 3.26. The molecule has 2 rings (SSSR count). The average molecular weight is 301 g/mol. The summed E-state index contributed by atoms with van der Waals surface area (Å²) in [7, 11) is -5.04. The van der Waals surface area contributed by atoms with Gasteiger partial charge >= 0.3 is 10.5 Å². The summed E-state index contributed by atoms with van der Waals surface area (Å²) < 4.78 is 38.2. The monoisotopic (exact) mass is 301 g/mol. The Labute approximate surface area is 117 Å². The van der Waals surface area contributed by atoms with Gasteiger partial charge in [-0.1, -0.05) is 29.9 Å². The van der Waals surface area contributed by atoms with Gasteiger partial charge in [0.2, 0.25) is 5.91 Å². The molecular weight excluding hydrogens is 285 g/mol. The van der Waals surface area contributed by atoms with E-state index in [4.69, 9.17) is 0 Å². The lowest BCUT2D eigenvalue weighted by atomic mass is 10.1. The van der Waals surface area contributed by atoms with E-state index in [0.29, 0.717) is 18.4 Å². The quantitative estimate of drug-likeness (QED) is 0.864. The summed E-state index contributed by atoms with van der Waals surface area (Å²) in [6.07, 6.45) is 1.17. The van der Waals surface area contributed by atoms with Gasteiger partial charge in [0.1, 0.15) is 5.75 Å². The van der Waals surface area contributed by atoms with Crippen LogP contribution in [0.2, 0.25) is 0 Å². The Balaban J connectivity index is 2.25. The molecule has 20 heavy (non-hydrogen) atoms. The number of hydrogen-bond donors (Lipinski definition) is 1. The highest BCUT2D eigenvalue weighted by Crippen LogP contribution is 2.37. The van der Waals surface area contributed by atoms with E-state index in [9.17, 15) is 17.1 Å². The minimum atomic E-state index is -5.04. The van der Waals surface area contributed by atoms with Crippen LogP contribution in [0.1, 0.15) is 37.4 Å². The molecule has 1 N–H and O–H groups in total. The molecule has 1 aliphatic rings. The third-order valence-corrected chi connectivity index (χ3v) is 3.64. The highest BCUT2D eigenvalue weighted by molar-refractivity contribution is 7.81. The van der Waals surface area contributed by atoms with Crippen molar-refractivity contribution >= 4 is 16.4 Å². The van der Waals surface area contributed by atoms with Crippen LogP contribution in [0.15, 0.2) is 18.2 Å². The fraction of sp³-hybridized carbons (Fsp3) is 0.462. The molecule has 0 fully saturated rings. The lowest BCUT2D eigenvalue weighted by Gasteiger charge is -2.16. The number of benzene rings is 1. The van der Waals surface area contributed by atoms with Crippen molar-refractivity contribution in [2.75, 3.05) is 0 Å². The molecular formula is C13H16FNO4S. The molecule has 1 amide bonds. The molecule has 0 bridgehead atoms. The van der Waals surface area contributed by atoms with Crippen LogP contribution >= 0.6 is 0 Å². The molecule has 1 aromatic carbocycles. The molecule has 0 aliphatic heterocycles. The molecule has 1 aliphatic carbocycles. The second kappa shape index (κ2) is 5.40. The Hall–Kier alpha value is -1.63. The van der Waals surface area contributed by atoms with Gasteiger partial charge in [0.25, 0.3) is 0 Å². The van der Waals surface area contributed by atoms with E-state index < -0.39 is 10.5 Å². The van der Waals surface area contributed by atoms with E-state index in [0.717, 1.165) is 5.56 Å². The van der Waals surface area contributed by atoms with E-state index in [2.05, 4.69) is 9.50 Å². The van der Waals surface area contributed by atoms with Crippen LogP contribution in [0, 0.1) is 5.92 Å². The van der Waals surface area contributed by atoms with Gasteiger partial charge in [0.05, 0.1) is 6.04 Å². The maximum Gasteiger partial charge on any atom is 0.488 e. The normalized spacial score (nSPS) is 17.9. The molecule has 7 heteroatoms. The van der Waals surface area contributed by atoms with E-state index in [1.54, 1.807) is 26.0 Å². The van der Waals surface area contributed by atoms with Gasteiger partial charge in [-0.15, -0.1) is 0 Å². The first kappa shape index (κ1) is 14.8. The fourth-order valence-corrected chi connectivity index (χ4v) is 2.67. The topological polar surface area (TPSA) is 72.5 Å². The first-order chi connectivity index (χ1) is 9.28. The molecule has 0 heterocycles. The average Bonchev–Trinajstić information content (AvgIpc) is 2.71. The number of carbonyl (C=O) groups excluding carboxylic acids is 1. The number of carbonyl (C=O) groups is 1. The van der Waals surface area contributed by atoms with Crippen molar-refractivity contribution < 1.29 is 21.3 Å². The van der Waals surface area contributed by atoms with Gasteiger partial charge in [-0.05, 0) is 24.5 Å². The Kier molecular flexibility index (Phi) is 3.99. The van der Waals surface area contributed by atoms with Gasteiger partial charge in [-0.25, -0.2) is 0 Å². The molecule has 1 atom stereocenters. The summed E-state index contributed by atoms with van der Waals surface area (Å²) in [5, 5.41) is 2.89. The summed E-state index contributed by atoms with van der Waals surface area (Å²) in [4.78, 5) is 11.7. The summed E-state index contributed by atoms with van der Waals surface area (Å²) in [6, 6.07) is 4.58.